The lowest BCUT2D eigenvalue weighted by molar-refractivity contribution is -0.137. The summed E-state index contributed by atoms with van der Waals surface area (Å²) in [6, 6.07) is 4.23. The second-order valence-corrected chi connectivity index (χ2v) is 4.60. The van der Waals surface area contributed by atoms with Crippen molar-refractivity contribution in [3.63, 3.8) is 0 Å². The minimum absolute atomic E-state index is 0.0413. The zero-order valence-electron chi connectivity index (χ0n) is 11.3. The molecule has 1 unspecified atom stereocenters. The van der Waals surface area contributed by atoms with Gasteiger partial charge in [-0.25, -0.2) is 8.78 Å². The van der Waals surface area contributed by atoms with Gasteiger partial charge in [0.2, 0.25) is 0 Å². The van der Waals surface area contributed by atoms with E-state index < -0.39 is 30.8 Å². The quantitative estimate of drug-likeness (QED) is 0.786. The lowest BCUT2D eigenvalue weighted by Crippen LogP contribution is -2.35. The molecule has 0 aliphatic heterocycles. The first kappa shape index (κ1) is 17.6. The maximum Gasteiger partial charge on any atom is 0.416 e. The molecule has 1 atom stereocenters. The third-order valence-corrected chi connectivity index (χ3v) is 2.58. The maximum atomic E-state index is 12.5. The van der Waals surface area contributed by atoms with Crippen LogP contribution in [0.25, 0.3) is 0 Å². The average molecular weight is 313 g/mol. The molecule has 1 aromatic carbocycles. The molecule has 1 aromatic rings. The Morgan fingerprint density at radius 3 is 2.48 bits per heavy atom. The Hall–Kier alpha value is -1.41. The Morgan fingerprint density at radius 2 is 1.90 bits per heavy atom. The van der Waals surface area contributed by atoms with Gasteiger partial charge in [-0.15, -0.1) is 0 Å². The van der Waals surface area contributed by atoms with E-state index in [4.69, 9.17) is 4.74 Å². The van der Waals surface area contributed by atoms with Gasteiger partial charge in [0, 0.05) is 6.54 Å². The van der Waals surface area contributed by atoms with Gasteiger partial charge < -0.3 is 9.84 Å². The summed E-state index contributed by atoms with van der Waals surface area (Å²) in [5.41, 5.74) is -0.857. The van der Waals surface area contributed by atoms with E-state index in [1.807, 2.05) is 0 Å². The fourth-order valence-corrected chi connectivity index (χ4v) is 1.68. The van der Waals surface area contributed by atoms with Gasteiger partial charge in [-0.05, 0) is 25.2 Å². The first-order chi connectivity index (χ1) is 9.68. The Labute approximate surface area is 118 Å². The highest BCUT2D eigenvalue weighted by Gasteiger charge is 2.30. The van der Waals surface area contributed by atoms with Crippen molar-refractivity contribution in [2.24, 2.45) is 0 Å². The lowest BCUT2D eigenvalue weighted by atomic mass is 10.2. The minimum Gasteiger partial charge on any atom is -0.491 e. The second kappa shape index (κ2) is 7.56. The van der Waals surface area contributed by atoms with Gasteiger partial charge in [0.1, 0.15) is 18.5 Å². The smallest absolute Gasteiger partial charge is 0.416 e. The molecule has 0 aromatic heterocycles. The number of benzene rings is 1. The first-order valence-electron chi connectivity index (χ1n) is 6.13. The highest BCUT2D eigenvalue weighted by Crippen LogP contribution is 2.31. The monoisotopic (exact) mass is 313 g/mol. The first-order valence-corrected chi connectivity index (χ1v) is 6.13. The molecule has 0 aliphatic rings. The fraction of sp³-hybridized carbons (Fsp3) is 0.538. The molecule has 0 aliphatic carbocycles. The molecule has 0 heterocycles. The molecule has 0 radical (unpaired) electrons. The standard InChI is InChI=1S/C13H16F5NO2/c1-19(7-12(14)15)6-10(20)8-21-11-4-2-3-9(5-11)13(16,17)18/h2-5,10,12,20H,6-8H2,1H3. The largest absolute Gasteiger partial charge is 0.491 e. The van der Waals surface area contributed by atoms with Gasteiger partial charge in [-0.3, -0.25) is 4.90 Å². The molecule has 3 nitrogen and oxygen atoms in total. The Morgan fingerprint density at radius 1 is 1.24 bits per heavy atom. The summed E-state index contributed by atoms with van der Waals surface area (Å²) < 4.78 is 66.6. The van der Waals surface area contributed by atoms with Crippen LogP contribution in [0.2, 0.25) is 0 Å². The zero-order chi connectivity index (χ0) is 16.0. The number of hydrogen-bond donors (Lipinski definition) is 1. The summed E-state index contributed by atoms with van der Waals surface area (Å²) >= 11 is 0. The number of rotatable bonds is 7. The summed E-state index contributed by atoms with van der Waals surface area (Å²) in [5, 5.41) is 9.59. The van der Waals surface area contributed by atoms with Crippen LogP contribution in [0.1, 0.15) is 5.56 Å². The normalized spacial score (nSPS) is 13.8. The van der Waals surface area contributed by atoms with Crippen LogP contribution in [0.5, 0.6) is 5.75 Å². The molecule has 1 N–H and O–H groups in total. The van der Waals surface area contributed by atoms with Crippen molar-refractivity contribution >= 4 is 0 Å². The summed E-state index contributed by atoms with van der Waals surface area (Å²) in [6.07, 6.45) is -8.08. The second-order valence-electron chi connectivity index (χ2n) is 4.60. The summed E-state index contributed by atoms with van der Waals surface area (Å²) in [6.45, 7) is -0.848. The summed E-state index contributed by atoms with van der Waals surface area (Å²) in [7, 11) is 1.40. The van der Waals surface area contributed by atoms with E-state index in [0.29, 0.717) is 0 Å². The maximum absolute atomic E-state index is 12.5. The Balaban J connectivity index is 2.48. The number of alkyl halides is 5. The van der Waals surface area contributed by atoms with Crippen molar-refractivity contribution in [1.82, 2.24) is 4.90 Å². The molecule has 0 bridgehead atoms. The molecule has 8 heteroatoms. The molecular weight excluding hydrogens is 297 g/mol. The Bertz CT molecular complexity index is 439. The lowest BCUT2D eigenvalue weighted by Gasteiger charge is -2.20. The topological polar surface area (TPSA) is 32.7 Å². The SMILES string of the molecule is CN(CC(F)F)CC(O)COc1cccc(C(F)(F)F)c1. The van der Waals surface area contributed by atoms with E-state index in [1.54, 1.807) is 0 Å². The highest BCUT2D eigenvalue weighted by molar-refractivity contribution is 5.30. The van der Waals surface area contributed by atoms with Crippen LogP contribution in [0.15, 0.2) is 24.3 Å². The molecule has 0 spiro atoms. The predicted molar refractivity (Wildman–Crippen MR) is 66.4 cm³/mol. The van der Waals surface area contributed by atoms with Crippen LogP contribution in [-0.4, -0.2) is 49.3 Å². The molecule has 0 saturated heterocycles. The molecule has 21 heavy (non-hydrogen) atoms. The van der Waals surface area contributed by atoms with Gasteiger partial charge in [0.15, 0.2) is 0 Å². The van der Waals surface area contributed by atoms with Crippen molar-refractivity contribution in [3.8, 4) is 5.75 Å². The van der Waals surface area contributed by atoms with Crippen molar-refractivity contribution in [2.75, 3.05) is 26.7 Å². The summed E-state index contributed by atoms with van der Waals surface area (Å²) in [5.74, 6) is -0.0413. The third kappa shape index (κ3) is 6.72. The van der Waals surface area contributed by atoms with Crippen LogP contribution >= 0.6 is 0 Å². The van der Waals surface area contributed by atoms with E-state index in [9.17, 15) is 27.1 Å². The number of nitrogens with zero attached hydrogens (tertiary/aromatic N) is 1. The number of hydrogen-bond acceptors (Lipinski definition) is 3. The highest BCUT2D eigenvalue weighted by atomic mass is 19.4. The van der Waals surface area contributed by atoms with Crippen LogP contribution in [0, 0.1) is 0 Å². The molecule has 0 saturated carbocycles. The van der Waals surface area contributed by atoms with Crippen LogP contribution in [0.4, 0.5) is 22.0 Å². The van der Waals surface area contributed by atoms with Crippen LogP contribution < -0.4 is 4.74 Å². The third-order valence-electron chi connectivity index (χ3n) is 2.58. The van der Waals surface area contributed by atoms with E-state index >= 15 is 0 Å². The van der Waals surface area contributed by atoms with E-state index in [2.05, 4.69) is 0 Å². The van der Waals surface area contributed by atoms with Crippen LogP contribution in [-0.2, 0) is 6.18 Å². The number of aliphatic hydroxyl groups is 1. The Kier molecular flexibility index (Phi) is 6.35. The fourth-order valence-electron chi connectivity index (χ4n) is 1.68. The van der Waals surface area contributed by atoms with E-state index in [0.717, 1.165) is 12.1 Å². The number of likely N-dealkylation sites (N-methyl/N-ethyl adjacent to an activating group) is 1. The van der Waals surface area contributed by atoms with Crippen molar-refractivity contribution in [1.29, 1.82) is 0 Å². The van der Waals surface area contributed by atoms with E-state index in [1.165, 1.54) is 24.1 Å². The molecule has 120 valence electrons. The molecule has 0 fully saturated rings. The molecule has 0 amide bonds. The van der Waals surface area contributed by atoms with Crippen LogP contribution in [0.3, 0.4) is 0 Å². The van der Waals surface area contributed by atoms with E-state index in [-0.39, 0.29) is 18.9 Å². The van der Waals surface area contributed by atoms with Gasteiger partial charge in [-0.1, -0.05) is 6.07 Å². The number of ether oxygens (including phenoxy) is 1. The van der Waals surface area contributed by atoms with Gasteiger partial charge in [0.05, 0.1) is 12.1 Å². The zero-order valence-corrected chi connectivity index (χ0v) is 11.3. The number of aliphatic hydroxyl groups excluding tert-OH is 1. The minimum atomic E-state index is -4.48. The summed E-state index contributed by atoms with van der Waals surface area (Å²) in [4.78, 5) is 1.21. The van der Waals surface area contributed by atoms with Crippen molar-refractivity contribution < 1.29 is 31.8 Å². The average Bonchev–Trinajstić information content (AvgIpc) is 2.34. The predicted octanol–water partition coefficient (Wildman–Crippen LogP) is 2.64. The number of halogens is 5. The molecular formula is C13H16F5NO2. The van der Waals surface area contributed by atoms with Crippen molar-refractivity contribution in [2.45, 2.75) is 18.7 Å². The van der Waals surface area contributed by atoms with Gasteiger partial charge in [-0.2, -0.15) is 13.2 Å². The van der Waals surface area contributed by atoms with Gasteiger partial charge >= 0.3 is 6.18 Å². The van der Waals surface area contributed by atoms with Crippen molar-refractivity contribution in [3.05, 3.63) is 29.8 Å². The molecule has 1 rings (SSSR count). The van der Waals surface area contributed by atoms with Gasteiger partial charge in [0.25, 0.3) is 6.43 Å².